The fraction of sp³-hybridized carbons (Fsp3) is 0.316. The minimum Gasteiger partial charge on any atom is -0.467 e. The summed E-state index contributed by atoms with van der Waals surface area (Å²) < 4.78 is 4.73. The molecule has 0 spiro atoms. The number of carbonyl (C=O) groups is 3. The van der Waals surface area contributed by atoms with E-state index in [2.05, 4.69) is 5.32 Å². The van der Waals surface area contributed by atoms with Crippen molar-refractivity contribution in [1.29, 1.82) is 0 Å². The van der Waals surface area contributed by atoms with Crippen molar-refractivity contribution in [2.75, 3.05) is 20.2 Å². The van der Waals surface area contributed by atoms with Gasteiger partial charge >= 0.3 is 5.97 Å². The summed E-state index contributed by atoms with van der Waals surface area (Å²) in [6.07, 6.45) is 1.35. The lowest BCUT2D eigenvalue weighted by Gasteiger charge is -2.22. The summed E-state index contributed by atoms with van der Waals surface area (Å²) in [6, 6.07) is 12.6. The van der Waals surface area contributed by atoms with Gasteiger partial charge in [-0.3, -0.25) is 9.59 Å². The normalized spacial score (nSPS) is 16.7. The predicted molar refractivity (Wildman–Crippen MR) is 93.0 cm³/mol. The second kappa shape index (κ2) is 7.34. The molecule has 1 atom stereocenters. The van der Waals surface area contributed by atoms with Gasteiger partial charge in [0.1, 0.15) is 6.04 Å². The van der Waals surface area contributed by atoms with E-state index in [1.54, 1.807) is 12.1 Å². The number of benzene rings is 2. The van der Waals surface area contributed by atoms with Gasteiger partial charge in [0.05, 0.1) is 13.7 Å². The van der Waals surface area contributed by atoms with Crippen molar-refractivity contribution in [2.45, 2.75) is 18.9 Å². The van der Waals surface area contributed by atoms with Gasteiger partial charge in [-0.25, -0.2) is 4.79 Å². The quantitative estimate of drug-likeness (QED) is 0.860. The lowest BCUT2D eigenvalue weighted by molar-refractivity contribution is -0.150. The molecule has 6 heteroatoms. The van der Waals surface area contributed by atoms with Gasteiger partial charge in [-0.05, 0) is 35.7 Å². The Bertz CT molecular complexity index is 818. The van der Waals surface area contributed by atoms with E-state index in [0.29, 0.717) is 18.5 Å². The Morgan fingerprint density at radius 1 is 1.16 bits per heavy atom. The zero-order chi connectivity index (χ0) is 17.8. The summed E-state index contributed by atoms with van der Waals surface area (Å²) in [5, 5.41) is 4.65. The third-order valence-corrected chi connectivity index (χ3v) is 4.46. The number of hydrogen-bond acceptors (Lipinski definition) is 4. The highest BCUT2D eigenvalue weighted by Gasteiger charge is 2.34. The van der Waals surface area contributed by atoms with Gasteiger partial charge in [0.15, 0.2) is 0 Å². The van der Waals surface area contributed by atoms with Gasteiger partial charge in [0.25, 0.3) is 5.91 Å². The van der Waals surface area contributed by atoms with Crippen LogP contribution in [-0.2, 0) is 14.3 Å². The first-order chi connectivity index (χ1) is 12.1. The number of carbonyl (C=O) groups excluding carboxylic acids is 3. The number of fused-ring (bicyclic) bond motifs is 1. The van der Waals surface area contributed by atoms with E-state index in [-0.39, 0.29) is 18.4 Å². The lowest BCUT2D eigenvalue weighted by Crippen LogP contribution is -2.45. The summed E-state index contributed by atoms with van der Waals surface area (Å²) in [7, 11) is 1.31. The second-order valence-electron chi connectivity index (χ2n) is 6.01. The molecular formula is C19H20N2O4. The smallest absolute Gasteiger partial charge is 0.328 e. The van der Waals surface area contributed by atoms with E-state index in [1.807, 2.05) is 30.3 Å². The summed E-state index contributed by atoms with van der Waals surface area (Å²) in [5.41, 5.74) is 0.498. The molecular weight excluding hydrogens is 320 g/mol. The maximum Gasteiger partial charge on any atom is 0.328 e. The third kappa shape index (κ3) is 3.63. The van der Waals surface area contributed by atoms with Gasteiger partial charge in [-0.2, -0.15) is 0 Å². The van der Waals surface area contributed by atoms with Gasteiger partial charge in [0, 0.05) is 12.1 Å². The Kier molecular flexibility index (Phi) is 4.97. The summed E-state index contributed by atoms with van der Waals surface area (Å²) >= 11 is 0. The molecule has 3 rings (SSSR count). The molecule has 1 unspecified atom stereocenters. The van der Waals surface area contributed by atoms with Crippen LogP contribution in [0.25, 0.3) is 10.8 Å². The van der Waals surface area contributed by atoms with Crippen molar-refractivity contribution in [2.24, 2.45) is 0 Å². The number of likely N-dealkylation sites (tertiary alicyclic amines) is 1. The maximum absolute atomic E-state index is 12.3. The van der Waals surface area contributed by atoms with Crippen LogP contribution in [0.1, 0.15) is 23.2 Å². The number of methoxy groups -OCH3 is 1. The molecule has 0 aliphatic carbocycles. The Balaban J connectivity index is 1.63. The van der Waals surface area contributed by atoms with Crippen LogP contribution in [0.15, 0.2) is 42.5 Å². The van der Waals surface area contributed by atoms with Gasteiger partial charge < -0.3 is 15.0 Å². The van der Waals surface area contributed by atoms with Crippen LogP contribution >= 0.6 is 0 Å². The van der Waals surface area contributed by atoms with Crippen LogP contribution in [0.3, 0.4) is 0 Å². The fourth-order valence-electron chi connectivity index (χ4n) is 3.14. The van der Waals surface area contributed by atoms with Gasteiger partial charge in [-0.15, -0.1) is 0 Å². The van der Waals surface area contributed by atoms with Gasteiger partial charge in [0.2, 0.25) is 5.91 Å². The number of amides is 2. The molecule has 2 amide bonds. The van der Waals surface area contributed by atoms with Crippen molar-refractivity contribution in [3.8, 4) is 0 Å². The molecule has 0 saturated carbocycles. The summed E-state index contributed by atoms with van der Waals surface area (Å²) in [5.74, 6) is -0.998. The average Bonchev–Trinajstić information content (AvgIpc) is 3.14. The van der Waals surface area contributed by atoms with Crippen LogP contribution in [0.4, 0.5) is 0 Å². The number of rotatable bonds is 4. The zero-order valence-corrected chi connectivity index (χ0v) is 14.0. The number of esters is 1. The van der Waals surface area contributed by atoms with E-state index >= 15 is 0 Å². The zero-order valence-electron chi connectivity index (χ0n) is 14.0. The number of nitrogens with zero attached hydrogens (tertiary/aromatic N) is 1. The molecule has 2 aromatic rings. The average molecular weight is 340 g/mol. The minimum absolute atomic E-state index is 0.140. The van der Waals surface area contributed by atoms with Crippen LogP contribution in [-0.4, -0.2) is 48.9 Å². The Morgan fingerprint density at radius 2 is 1.92 bits per heavy atom. The van der Waals surface area contributed by atoms with Crippen molar-refractivity contribution in [3.63, 3.8) is 0 Å². The molecule has 0 aromatic heterocycles. The molecule has 1 saturated heterocycles. The first kappa shape index (κ1) is 17.0. The minimum atomic E-state index is -0.546. The Hall–Kier alpha value is -2.89. The molecule has 1 N–H and O–H groups in total. The molecule has 1 aliphatic heterocycles. The number of hydrogen-bond donors (Lipinski definition) is 1. The van der Waals surface area contributed by atoms with Crippen LogP contribution in [0, 0.1) is 0 Å². The van der Waals surface area contributed by atoms with Crippen molar-refractivity contribution in [1.82, 2.24) is 10.2 Å². The summed E-state index contributed by atoms with van der Waals surface area (Å²) in [4.78, 5) is 37.8. The first-order valence-electron chi connectivity index (χ1n) is 8.24. The molecule has 25 heavy (non-hydrogen) atoms. The number of ether oxygens (including phenoxy) is 1. The highest BCUT2D eigenvalue weighted by atomic mass is 16.5. The maximum atomic E-state index is 12.3. The van der Waals surface area contributed by atoms with Crippen LogP contribution < -0.4 is 5.32 Å². The van der Waals surface area contributed by atoms with Crippen molar-refractivity contribution >= 4 is 28.6 Å². The number of nitrogens with one attached hydrogen (secondary N) is 1. The van der Waals surface area contributed by atoms with E-state index in [4.69, 9.17) is 4.74 Å². The fourth-order valence-corrected chi connectivity index (χ4v) is 3.14. The Labute approximate surface area is 145 Å². The second-order valence-corrected chi connectivity index (χ2v) is 6.01. The summed E-state index contributed by atoms with van der Waals surface area (Å²) in [6.45, 7) is 0.365. The molecule has 2 aromatic carbocycles. The standard InChI is InChI=1S/C19H20N2O4/c1-25-19(24)16-7-4-10-21(16)17(22)12-20-18(23)15-9-8-13-5-2-3-6-14(13)11-15/h2-3,5-6,8-9,11,16H,4,7,10,12H2,1H3,(H,20,23). The molecule has 130 valence electrons. The van der Waals surface area contributed by atoms with E-state index < -0.39 is 12.0 Å². The van der Waals surface area contributed by atoms with E-state index in [9.17, 15) is 14.4 Å². The molecule has 1 aliphatic rings. The van der Waals surface area contributed by atoms with E-state index in [1.165, 1.54) is 12.0 Å². The lowest BCUT2D eigenvalue weighted by atomic mass is 10.1. The Morgan fingerprint density at radius 3 is 2.68 bits per heavy atom. The molecule has 0 bridgehead atoms. The van der Waals surface area contributed by atoms with E-state index in [0.717, 1.165) is 17.2 Å². The molecule has 6 nitrogen and oxygen atoms in total. The topological polar surface area (TPSA) is 75.7 Å². The SMILES string of the molecule is COC(=O)C1CCCN1C(=O)CNC(=O)c1ccc2ccccc2c1. The molecule has 1 fully saturated rings. The van der Waals surface area contributed by atoms with Gasteiger partial charge in [-0.1, -0.05) is 30.3 Å². The highest BCUT2D eigenvalue weighted by Crippen LogP contribution is 2.18. The molecule has 1 heterocycles. The predicted octanol–water partition coefficient (Wildman–Crippen LogP) is 1.73. The van der Waals surface area contributed by atoms with Crippen LogP contribution in [0.5, 0.6) is 0 Å². The largest absolute Gasteiger partial charge is 0.467 e. The van der Waals surface area contributed by atoms with Crippen molar-refractivity contribution < 1.29 is 19.1 Å². The highest BCUT2D eigenvalue weighted by molar-refractivity contribution is 6.00. The monoisotopic (exact) mass is 340 g/mol. The van der Waals surface area contributed by atoms with Crippen molar-refractivity contribution in [3.05, 3.63) is 48.0 Å². The third-order valence-electron chi connectivity index (χ3n) is 4.46. The molecule has 0 radical (unpaired) electrons. The van der Waals surface area contributed by atoms with Crippen LogP contribution in [0.2, 0.25) is 0 Å². The first-order valence-corrected chi connectivity index (χ1v) is 8.24.